The zero-order valence-corrected chi connectivity index (χ0v) is 9.09. The molecule has 0 fully saturated rings. The Balaban J connectivity index is 2.36. The minimum atomic E-state index is 0.146. The van der Waals surface area contributed by atoms with Crippen LogP contribution in [0.25, 0.3) is 0 Å². The number of aryl methyl sites for hydroxylation is 1. The van der Waals surface area contributed by atoms with Gasteiger partial charge in [0.2, 0.25) is 0 Å². The van der Waals surface area contributed by atoms with Gasteiger partial charge in [-0.05, 0) is 37.0 Å². The number of hydrogen-bond donors (Lipinski definition) is 1. The molecule has 0 saturated heterocycles. The summed E-state index contributed by atoms with van der Waals surface area (Å²) in [6.07, 6.45) is 4.37. The second-order valence-corrected chi connectivity index (χ2v) is 4.17. The quantitative estimate of drug-likeness (QED) is 0.751. The average molecular weight is 209 g/mol. The molecule has 0 saturated carbocycles. The Hall–Kier alpha value is -0.700. The van der Waals surface area contributed by atoms with Crippen molar-refractivity contribution in [2.45, 2.75) is 32.2 Å². The molecule has 0 radical (unpaired) electrons. The molecular formula is C11H15NOS. The van der Waals surface area contributed by atoms with Crippen molar-refractivity contribution in [1.82, 2.24) is 4.57 Å². The largest absolute Gasteiger partial charge is 0.312 e. The molecule has 0 unspecified atom stereocenters. The van der Waals surface area contributed by atoms with Crippen LogP contribution in [-0.4, -0.2) is 10.3 Å². The fraction of sp³-hybridized carbons (Fsp3) is 0.545. The van der Waals surface area contributed by atoms with E-state index in [1.54, 1.807) is 6.07 Å². The molecule has 3 heteroatoms. The number of thiol groups is 1. The van der Waals surface area contributed by atoms with Gasteiger partial charge in [-0.25, -0.2) is 0 Å². The van der Waals surface area contributed by atoms with Crippen molar-refractivity contribution in [1.29, 1.82) is 0 Å². The van der Waals surface area contributed by atoms with Gasteiger partial charge in [0, 0.05) is 18.3 Å². The summed E-state index contributed by atoms with van der Waals surface area (Å²) in [4.78, 5) is 11.6. The van der Waals surface area contributed by atoms with Gasteiger partial charge in [0.25, 0.3) is 5.56 Å². The molecule has 0 aliphatic heterocycles. The van der Waals surface area contributed by atoms with Crippen molar-refractivity contribution in [2.24, 2.45) is 0 Å². The van der Waals surface area contributed by atoms with Crippen LogP contribution in [0.1, 0.15) is 24.1 Å². The fourth-order valence-electron chi connectivity index (χ4n) is 2.11. The lowest BCUT2D eigenvalue weighted by molar-refractivity contribution is 0.628. The highest BCUT2D eigenvalue weighted by Crippen LogP contribution is 2.19. The van der Waals surface area contributed by atoms with Gasteiger partial charge in [-0.2, -0.15) is 12.6 Å². The standard InChI is InChI=1S/C11H15NOS/c13-11-6-5-9-3-1-4-10(9)12(11)7-2-8-14/h5-6,14H,1-4,7-8H2. The van der Waals surface area contributed by atoms with Gasteiger partial charge >= 0.3 is 0 Å². The molecule has 2 rings (SSSR count). The SMILES string of the molecule is O=c1ccc2c(n1CCCS)CCC2. The predicted octanol–water partition coefficient (Wildman–Crippen LogP) is 1.66. The van der Waals surface area contributed by atoms with Crippen LogP contribution in [0.15, 0.2) is 16.9 Å². The molecule has 1 aromatic rings. The van der Waals surface area contributed by atoms with E-state index in [0.717, 1.165) is 31.6 Å². The predicted molar refractivity (Wildman–Crippen MR) is 61.2 cm³/mol. The Labute approximate surface area is 89.4 Å². The van der Waals surface area contributed by atoms with Crippen LogP contribution in [-0.2, 0) is 19.4 Å². The van der Waals surface area contributed by atoms with E-state index in [1.807, 2.05) is 10.6 Å². The second kappa shape index (κ2) is 4.22. The smallest absolute Gasteiger partial charge is 0.250 e. The molecule has 1 aliphatic carbocycles. The van der Waals surface area contributed by atoms with E-state index in [-0.39, 0.29) is 5.56 Å². The molecule has 14 heavy (non-hydrogen) atoms. The molecule has 0 bridgehead atoms. The van der Waals surface area contributed by atoms with Crippen LogP contribution in [0.2, 0.25) is 0 Å². The van der Waals surface area contributed by atoms with Crippen LogP contribution < -0.4 is 5.56 Å². The first kappa shape index (κ1) is 9.84. The highest BCUT2D eigenvalue weighted by Gasteiger charge is 2.14. The van der Waals surface area contributed by atoms with Gasteiger partial charge in [0.05, 0.1) is 0 Å². The van der Waals surface area contributed by atoms with Crippen molar-refractivity contribution in [2.75, 3.05) is 5.75 Å². The maximum atomic E-state index is 11.6. The summed E-state index contributed by atoms with van der Waals surface area (Å²) in [6.45, 7) is 0.825. The maximum Gasteiger partial charge on any atom is 0.250 e. The van der Waals surface area contributed by atoms with Gasteiger partial charge in [-0.1, -0.05) is 6.07 Å². The van der Waals surface area contributed by atoms with Crippen LogP contribution in [0.5, 0.6) is 0 Å². The Kier molecular flexibility index (Phi) is 2.96. The third-order valence-electron chi connectivity index (χ3n) is 2.79. The van der Waals surface area contributed by atoms with Crippen molar-refractivity contribution < 1.29 is 0 Å². The third kappa shape index (κ3) is 1.73. The minimum absolute atomic E-state index is 0.146. The lowest BCUT2D eigenvalue weighted by atomic mass is 10.2. The lowest BCUT2D eigenvalue weighted by Gasteiger charge is -2.10. The van der Waals surface area contributed by atoms with E-state index < -0.39 is 0 Å². The molecule has 0 atom stereocenters. The summed E-state index contributed by atoms with van der Waals surface area (Å²) < 4.78 is 1.93. The lowest BCUT2D eigenvalue weighted by Crippen LogP contribution is -2.22. The van der Waals surface area contributed by atoms with E-state index in [2.05, 4.69) is 12.6 Å². The molecule has 1 aromatic heterocycles. The summed E-state index contributed by atoms with van der Waals surface area (Å²) >= 11 is 4.17. The molecule has 0 spiro atoms. The Bertz CT molecular complexity index is 383. The summed E-state index contributed by atoms with van der Waals surface area (Å²) in [5, 5.41) is 0. The molecule has 1 heterocycles. The van der Waals surface area contributed by atoms with Crippen LogP contribution >= 0.6 is 12.6 Å². The number of fused-ring (bicyclic) bond motifs is 1. The third-order valence-corrected chi connectivity index (χ3v) is 3.11. The van der Waals surface area contributed by atoms with E-state index in [1.165, 1.54) is 17.7 Å². The molecular weight excluding hydrogens is 194 g/mol. The van der Waals surface area contributed by atoms with Crippen molar-refractivity contribution >= 4 is 12.6 Å². The van der Waals surface area contributed by atoms with Gasteiger partial charge in [-0.15, -0.1) is 0 Å². The Morgan fingerprint density at radius 2 is 2.21 bits per heavy atom. The minimum Gasteiger partial charge on any atom is -0.312 e. The van der Waals surface area contributed by atoms with Gasteiger partial charge in [0.1, 0.15) is 0 Å². The van der Waals surface area contributed by atoms with Crippen LogP contribution in [0.3, 0.4) is 0 Å². The zero-order chi connectivity index (χ0) is 9.97. The molecule has 76 valence electrons. The molecule has 0 aromatic carbocycles. The first-order chi connectivity index (χ1) is 6.83. The van der Waals surface area contributed by atoms with E-state index in [0.29, 0.717) is 0 Å². The van der Waals surface area contributed by atoms with Crippen molar-refractivity contribution in [3.63, 3.8) is 0 Å². The summed E-state index contributed by atoms with van der Waals surface area (Å²) in [7, 11) is 0. The molecule has 0 N–H and O–H groups in total. The highest BCUT2D eigenvalue weighted by atomic mass is 32.1. The number of rotatable bonds is 3. The van der Waals surface area contributed by atoms with E-state index >= 15 is 0 Å². The van der Waals surface area contributed by atoms with Crippen molar-refractivity contribution in [3.05, 3.63) is 33.7 Å². The summed E-state index contributed by atoms with van der Waals surface area (Å²) in [5.74, 6) is 0.843. The Morgan fingerprint density at radius 1 is 1.36 bits per heavy atom. The average Bonchev–Trinajstić information content (AvgIpc) is 2.64. The normalized spacial score (nSPS) is 14.4. The van der Waals surface area contributed by atoms with Gasteiger partial charge in [-0.3, -0.25) is 4.79 Å². The van der Waals surface area contributed by atoms with Crippen molar-refractivity contribution in [3.8, 4) is 0 Å². The summed E-state index contributed by atoms with van der Waals surface area (Å²) in [5.41, 5.74) is 2.77. The zero-order valence-electron chi connectivity index (χ0n) is 8.20. The first-order valence-corrected chi connectivity index (χ1v) is 5.78. The van der Waals surface area contributed by atoms with E-state index in [9.17, 15) is 4.79 Å². The Morgan fingerprint density at radius 3 is 3.00 bits per heavy atom. The van der Waals surface area contributed by atoms with E-state index in [4.69, 9.17) is 0 Å². The van der Waals surface area contributed by atoms with Crippen LogP contribution in [0.4, 0.5) is 0 Å². The number of aromatic nitrogens is 1. The number of hydrogen-bond acceptors (Lipinski definition) is 2. The second-order valence-electron chi connectivity index (χ2n) is 3.73. The fourth-order valence-corrected chi connectivity index (χ4v) is 2.25. The monoisotopic (exact) mass is 209 g/mol. The number of nitrogens with zero attached hydrogens (tertiary/aromatic N) is 1. The first-order valence-electron chi connectivity index (χ1n) is 5.15. The summed E-state index contributed by atoms with van der Waals surface area (Å²) in [6, 6.07) is 3.69. The number of pyridine rings is 1. The molecule has 1 aliphatic rings. The van der Waals surface area contributed by atoms with Crippen LogP contribution in [0, 0.1) is 0 Å². The topological polar surface area (TPSA) is 22.0 Å². The maximum absolute atomic E-state index is 11.6. The molecule has 2 nitrogen and oxygen atoms in total. The molecule has 0 amide bonds. The van der Waals surface area contributed by atoms with Gasteiger partial charge < -0.3 is 4.57 Å². The van der Waals surface area contributed by atoms with Gasteiger partial charge in [0.15, 0.2) is 0 Å². The highest BCUT2D eigenvalue weighted by molar-refractivity contribution is 7.80.